The fourth-order valence-corrected chi connectivity index (χ4v) is 4.08. The van der Waals surface area contributed by atoms with Crippen molar-refractivity contribution in [1.82, 2.24) is 14.9 Å². The number of amidine groups is 1. The van der Waals surface area contributed by atoms with Crippen LogP contribution in [-0.2, 0) is 0 Å². The maximum Gasteiger partial charge on any atom is 0.285 e. The minimum atomic E-state index is -0.406. The minimum Gasteiger partial charge on any atom is -0.373 e. The molecule has 0 aliphatic carbocycles. The molecule has 5 nitrogen and oxygen atoms in total. The average Bonchev–Trinajstić information content (AvgIpc) is 2.73. The lowest BCUT2D eigenvalue weighted by atomic mass is 10.1. The second kappa shape index (κ2) is 8.67. The largest absolute Gasteiger partial charge is 0.373 e. The predicted octanol–water partition coefficient (Wildman–Crippen LogP) is 4.20. The Labute approximate surface area is 173 Å². The minimum absolute atomic E-state index is 0.0620. The monoisotopic (exact) mass is 410 g/mol. The quantitative estimate of drug-likeness (QED) is 0.286. The van der Waals surface area contributed by atoms with Crippen LogP contribution in [0.1, 0.15) is 11.1 Å². The molecule has 7 heteroatoms. The highest BCUT2D eigenvalue weighted by atomic mass is 32.2. The molecule has 0 aliphatic heterocycles. The van der Waals surface area contributed by atoms with E-state index in [9.17, 15) is 4.79 Å². The number of thioether (sulfide) groups is 2. The lowest BCUT2D eigenvalue weighted by Crippen LogP contribution is -2.31. The molecule has 0 saturated carbocycles. The van der Waals surface area contributed by atoms with Gasteiger partial charge in [0.05, 0.1) is 5.03 Å². The topological polar surface area (TPSA) is 70.8 Å². The molecule has 1 heterocycles. The average molecular weight is 411 g/mol. The molecule has 1 aromatic heterocycles. The van der Waals surface area contributed by atoms with Crippen LogP contribution in [0.2, 0.25) is 0 Å². The molecular formula is C21H22N4OS2. The fourth-order valence-electron chi connectivity index (χ4n) is 2.90. The smallest absolute Gasteiger partial charge is 0.285 e. The maximum atomic E-state index is 12.8. The van der Waals surface area contributed by atoms with E-state index in [4.69, 9.17) is 5.41 Å². The third-order valence-corrected chi connectivity index (χ3v) is 5.90. The van der Waals surface area contributed by atoms with Crippen LogP contribution in [-0.4, -0.2) is 34.9 Å². The van der Waals surface area contributed by atoms with E-state index >= 15 is 0 Å². The van der Waals surface area contributed by atoms with E-state index in [-0.39, 0.29) is 11.4 Å². The van der Waals surface area contributed by atoms with E-state index in [0.717, 1.165) is 21.7 Å². The zero-order valence-corrected chi connectivity index (χ0v) is 17.9. The van der Waals surface area contributed by atoms with E-state index in [1.807, 2.05) is 72.5 Å². The summed E-state index contributed by atoms with van der Waals surface area (Å²) in [5, 5.41) is 11.7. The van der Waals surface area contributed by atoms with Crippen molar-refractivity contribution >= 4 is 29.4 Å². The highest BCUT2D eigenvalue weighted by Crippen LogP contribution is 2.29. The van der Waals surface area contributed by atoms with Gasteiger partial charge in [0.2, 0.25) is 0 Å². The van der Waals surface area contributed by atoms with E-state index < -0.39 is 5.56 Å². The Morgan fingerprint density at radius 2 is 1.68 bits per heavy atom. The Morgan fingerprint density at radius 1 is 1.04 bits per heavy atom. The Kier molecular flexibility index (Phi) is 6.26. The van der Waals surface area contributed by atoms with Crippen molar-refractivity contribution in [3.63, 3.8) is 0 Å². The summed E-state index contributed by atoms with van der Waals surface area (Å²) in [4.78, 5) is 18.4. The predicted molar refractivity (Wildman–Crippen MR) is 119 cm³/mol. The van der Waals surface area contributed by atoms with Gasteiger partial charge in [0.1, 0.15) is 17.2 Å². The second-order valence-corrected chi connectivity index (χ2v) is 7.82. The van der Waals surface area contributed by atoms with Gasteiger partial charge in [-0.05, 0) is 43.7 Å². The number of rotatable bonds is 5. The zero-order valence-electron chi connectivity index (χ0n) is 16.2. The van der Waals surface area contributed by atoms with Gasteiger partial charge in [0.15, 0.2) is 0 Å². The first-order chi connectivity index (χ1) is 13.5. The van der Waals surface area contributed by atoms with Crippen molar-refractivity contribution in [3.8, 4) is 17.1 Å². The fraction of sp³-hybridized carbons (Fsp3) is 0.190. The lowest BCUT2D eigenvalue weighted by Gasteiger charge is -2.20. The first-order valence-electron chi connectivity index (χ1n) is 8.69. The van der Waals surface area contributed by atoms with Crippen LogP contribution in [0.5, 0.6) is 0 Å². The van der Waals surface area contributed by atoms with Gasteiger partial charge < -0.3 is 5.32 Å². The molecule has 0 bridgehead atoms. The van der Waals surface area contributed by atoms with Crippen LogP contribution in [0.15, 0.2) is 63.2 Å². The molecular weight excluding hydrogens is 388 g/mol. The number of nitrogens with one attached hydrogen (secondary N) is 2. The Balaban J connectivity index is 2.37. The van der Waals surface area contributed by atoms with E-state index in [2.05, 4.69) is 10.3 Å². The van der Waals surface area contributed by atoms with E-state index in [0.29, 0.717) is 10.9 Å². The lowest BCUT2D eigenvalue weighted by molar-refractivity contribution is 0.859. The molecule has 0 aliphatic rings. The molecule has 0 unspecified atom stereocenters. The summed E-state index contributed by atoms with van der Waals surface area (Å²) in [6.07, 6.45) is 3.94. The third-order valence-electron chi connectivity index (χ3n) is 4.38. The van der Waals surface area contributed by atoms with Crippen molar-refractivity contribution in [2.45, 2.75) is 16.8 Å². The van der Waals surface area contributed by atoms with Gasteiger partial charge in [0.25, 0.3) is 5.56 Å². The van der Waals surface area contributed by atoms with Crippen LogP contribution >= 0.6 is 23.5 Å². The van der Waals surface area contributed by atoms with Crippen molar-refractivity contribution < 1.29 is 0 Å². The van der Waals surface area contributed by atoms with Gasteiger partial charge >= 0.3 is 0 Å². The molecule has 3 aromatic rings. The molecule has 0 atom stereocenters. The summed E-state index contributed by atoms with van der Waals surface area (Å²) in [6.45, 7) is 2.03. The second-order valence-electron chi connectivity index (χ2n) is 6.15. The summed E-state index contributed by atoms with van der Waals surface area (Å²) >= 11 is 3.10. The van der Waals surface area contributed by atoms with Crippen LogP contribution in [0, 0.1) is 12.3 Å². The van der Waals surface area contributed by atoms with Crippen molar-refractivity contribution in [1.29, 1.82) is 5.41 Å². The summed E-state index contributed by atoms with van der Waals surface area (Å²) in [7, 11) is 1.64. The molecule has 28 heavy (non-hydrogen) atoms. The highest BCUT2D eigenvalue weighted by molar-refractivity contribution is 7.98. The van der Waals surface area contributed by atoms with Crippen LogP contribution in [0.3, 0.4) is 0 Å². The first-order valence-corrected chi connectivity index (χ1v) is 11.1. The first kappa shape index (κ1) is 20.2. The molecule has 0 radical (unpaired) electrons. The number of hydrogen-bond donors (Lipinski definition) is 2. The number of benzene rings is 2. The number of nitrogens with zero attached hydrogens (tertiary/aromatic N) is 2. The van der Waals surface area contributed by atoms with Crippen LogP contribution < -0.4 is 10.9 Å². The molecule has 3 rings (SSSR count). The molecule has 0 saturated heterocycles. The third kappa shape index (κ3) is 3.86. The van der Waals surface area contributed by atoms with Crippen LogP contribution in [0.4, 0.5) is 0 Å². The molecule has 144 valence electrons. The zero-order chi connectivity index (χ0) is 20.3. The summed E-state index contributed by atoms with van der Waals surface area (Å²) < 4.78 is 1.96. The molecule has 0 spiro atoms. The molecule has 2 N–H and O–H groups in total. The van der Waals surface area contributed by atoms with Gasteiger partial charge in [-0.25, -0.2) is 0 Å². The normalized spacial score (nSPS) is 10.7. The van der Waals surface area contributed by atoms with Crippen molar-refractivity contribution in [2.75, 3.05) is 19.6 Å². The van der Waals surface area contributed by atoms with Gasteiger partial charge in [-0.15, -0.1) is 23.5 Å². The van der Waals surface area contributed by atoms with E-state index in [1.54, 1.807) is 18.8 Å². The highest BCUT2D eigenvalue weighted by Gasteiger charge is 2.21. The van der Waals surface area contributed by atoms with E-state index in [1.165, 1.54) is 11.8 Å². The SMILES string of the molecule is CNC(=N)c1c(SC)n(-c2ccc(C)cc2)c(-c2ccc(SC)cc2)nc1=O. The summed E-state index contributed by atoms with van der Waals surface area (Å²) in [5.41, 5.74) is 2.78. The Hall–Kier alpha value is -2.51. The van der Waals surface area contributed by atoms with Crippen molar-refractivity contribution in [3.05, 3.63) is 70.0 Å². The van der Waals surface area contributed by atoms with Gasteiger partial charge in [0, 0.05) is 23.2 Å². The number of aromatic nitrogens is 2. The maximum absolute atomic E-state index is 12.8. The van der Waals surface area contributed by atoms with Gasteiger partial charge in [-0.3, -0.25) is 14.8 Å². The Morgan fingerprint density at radius 3 is 2.21 bits per heavy atom. The summed E-state index contributed by atoms with van der Waals surface area (Å²) in [6, 6.07) is 16.1. The van der Waals surface area contributed by atoms with Crippen molar-refractivity contribution in [2.24, 2.45) is 0 Å². The van der Waals surface area contributed by atoms with Gasteiger partial charge in [-0.1, -0.05) is 29.8 Å². The molecule has 2 aromatic carbocycles. The molecule has 0 amide bonds. The molecule has 0 fully saturated rings. The summed E-state index contributed by atoms with van der Waals surface area (Å²) in [5.74, 6) is 0.630. The standard InChI is InChI=1S/C21H22N4OS2/c1-13-5-9-15(10-6-13)25-19(14-7-11-16(27-3)12-8-14)24-20(26)17(18(22)23-2)21(25)28-4/h5-12H,1-4H3,(H2,22,23). The number of aryl methyl sites for hydroxylation is 1. The number of hydrogen-bond acceptors (Lipinski definition) is 5. The Bertz CT molecular complexity index is 1060. The van der Waals surface area contributed by atoms with Crippen LogP contribution in [0.25, 0.3) is 17.1 Å². The van der Waals surface area contributed by atoms with Gasteiger partial charge in [-0.2, -0.15) is 4.98 Å².